The Morgan fingerprint density at radius 1 is 1.05 bits per heavy atom. The summed E-state index contributed by atoms with van der Waals surface area (Å²) in [4.78, 5) is 23.7. The van der Waals surface area contributed by atoms with Crippen molar-refractivity contribution in [3.05, 3.63) is 99.6 Å². The van der Waals surface area contributed by atoms with E-state index in [4.69, 9.17) is 16.3 Å². The third-order valence-electron chi connectivity index (χ3n) is 5.73. The quantitative estimate of drug-likeness (QED) is 0.231. The summed E-state index contributed by atoms with van der Waals surface area (Å²) in [6, 6.07) is 20.7. The van der Waals surface area contributed by atoms with E-state index in [9.17, 15) is 23.3 Å². The Balaban J connectivity index is 1.79. The van der Waals surface area contributed by atoms with Crippen LogP contribution in [0.3, 0.4) is 0 Å². The molecule has 4 aromatic rings. The second-order valence-electron chi connectivity index (χ2n) is 8.11. The molecule has 0 fully saturated rings. The number of nitrogens with zero attached hydrogens (tertiary/aromatic N) is 2. The molecule has 0 saturated heterocycles. The molecule has 0 aromatic heterocycles. The van der Waals surface area contributed by atoms with Gasteiger partial charge in [0.1, 0.15) is 12.3 Å². The molecule has 4 rings (SSSR count). The summed E-state index contributed by atoms with van der Waals surface area (Å²) in [6.45, 7) is 0.855. The smallest absolute Gasteiger partial charge is 0.273 e. The van der Waals surface area contributed by atoms with E-state index in [0.29, 0.717) is 11.3 Å². The molecule has 0 unspecified atom stereocenters. The van der Waals surface area contributed by atoms with Crippen LogP contribution in [0.4, 0.5) is 17.1 Å². The Morgan fingerprint density at radius 3 is 2.51 bits per heavy atom. The summed E-state index contributed by atoms with van der Waals surface area (Å²) in [6.07, 6.45) is 0. The molecule has 0 aliphatic rings. The summed E-state index contributed by atoms with van der Waals surface area (Å²) in [5.41, 5.74) is 0.444. The highest BCUT2D eigenvalue weighted by Crippen LogP contribution is 2.36. The van der Waals surface area contributed by atoms with Crippen molar-refractivity contribution in [2.24, 2.45) is 0 Å². The third kappa shape index (κ3) is 5.35. The van der Waals surface area contributed by atoms with E-state index in [1.807, 2.05) is 30.3 Å². The van der Waals surface area contributed by atoms with Gasteiger partial charge in [0.05, 0.1) is 22.6 Å². The molecule has 0 saturated carbocycles. The minimum absolute atomic E-state index is 0.00583. The molecule has 0 aliphatic heterocycles. The molecule has 37 heavy (non-hydrogen) atoms. The minimum atomic E-state index is -4.48. The zero-order valence-electron chi connectivity index (χ0n) is 19.8. The molecule has 0 bridgehead atoms. The van der Waals surface area contributed by atoms with Crippen molar-refractivity contribution in [2.45, 2.75) is 11.8 Å². The van der Waals surface area contributed by atoms with Crippen LogP contribution in [-0.4, -0.2) is 32.9 Å². The summed E-state index contributed by atoms with van der Waals surface area (Å²) < 4.78 is 33.8. The highest BCUT2D eigenvalue weighted by Gasteiger charge is 2.31. The fraction of sp³-hybridized carbons (Fsp3) is 0.115. The van der Waals surface area contributed by atoms with Gasteiger partial charge in [-0.3, -0.25) is 19.2 Å². The van der Waals surface area contributed by atoms with E-state index in [2.05, 4.69) is 5.32 Å². The van der Waals surface area contributed by atoms with Crippen LogP contribution in [0.25, 0.3) is 10.8 Å². The van der Waals surface area contributed by atoms with Gasteiger partial charge < -0.3 is 10.1 Å². The average molecular weight is 540 g/mol. The predicted molar refractivity (Wildman–Crippen MR) is 143 cm³/mol. The number of carbonyl (C=O) groups is 1. The van der Waals surface area contributed by atoms with Crippen molar-refractivity contribution in [1.29, 1.82) is 0 Å². The zero-order chi connectivity index (χ0) is 26.7. The van der Waals surface area contributed by atoms with Crippen molar-refractivity contribution in [1.82, 2.24) is 0 Å². The van der Waals surface area contributed by atoms with Gasteiger partial charge in [0.25, 0.3) is 15.7 Å². The Morgan fingerprint density at radius 2 is 1.78 bits per heavy atom. The number of amides is 1. The lowest BCUT2D eigenvalue weighted by Crippen LogP contribution is -2.38. The molecule has 1 N–H and O–H groups in total. The Bertz CT molecular complexity index is 1620. The lowest BCUT2D eigenvalue weighted by molar-refractivity contribution is -0.385. The van der Waals surface area contributed by atoms with Crippen LogP contribution in [0.2, 0.25) is 5.02 Å². The van der Waals surface area contributed by atoms with Gasteiger partial charge in [-0.15, -0.1) is 0 Å². The maximum absolute atomic E-state index is 13.8. The van der Waals surface area contributed by atoms with Crippen LogP contribution in [0.15, 0.2) is 83.8 Å². The molecule has 0 atom stereocenters. The topological polar surface area (TPSA) is 119 Å². The Labute approximate surface area is 218 Å². The van der Waals surface area contributed by atoms with E-state index in [1.54, 1.807) is 12.1 Å². The summed E-state index contributed by atoms with van der Waals surface area (Å²) in [5.74, 6) is -0.490. The number of nitro groups is 1. The van der Waals surface area contributed by atoms with E-state index in [-0.39, 0.29) is 27.0 Å². The molecule has 11 heteroatoms. The fourth-order valence-electron chi connectivity index (χ4n) is 3.89. The lowest BCUT2D eigenvalue weighted by atomic mass is 10.1. The van der Waals surface area contributed by atoms with Crippen molar-refractivity contribution >= 4 is 55.4 Å². The van der Waals surface area contributed by atoms with Crippen molar-refractivity contribution in [3.8, 4) is 5.75 Å². The Kier molecular flexibility index (Phi) is 7.33. The van der Waals surface area contributed by atoms with Crippen molar-refractivity contribution in [2.75, 3.05) is 23.3 Å². The first-order chi connectivity index (χ1) is 17.6. The molecule has 0 heterocycles. The van der Waals surface area contributed by atoms with Crippen molar-refractivity contribution in [3.63, 3.8) is 0 Å². The van der Waals surface area contributed by atoms with Crippen LogP contribution in [0.1, 0.15) is 5.56 Å². The molecule has 0 spiro atoms. The number of ether oxygens (including phenoxy) is 1. The number of aryl methyl sites for hydroxylation is 1. The van der Waals surface area contributed by atoms with Gasteiger partial charge in [0.15, 0.2) is 0 Å². The highest BCUT2D eigenvalue weighted by atomic mass is 35.5. The minimum Gasteiger partial charge on any atom is -0.495 e. The van der Waals surface area contributed by atoms with Gasteiger partial charge in [-0.1, -0.05) is 54.1 Å². The summed E-state index contributed by atoms with van der Waals surface area (Å²) in [7, 11) is -3.13. The first-order valence-electron chi connectivity index (χ1n) is 11.0. The number of anilines is 2. The second-order valence-corrected chi connectivity index (χ2v) is 10.4. The molecular formula is C26H22ClN3O6S. The first kappa shape index (κ1) is 25.9. The highest BCUT2D eigenvalue weighted by molar-refractivity contribution is 7.92. The van der Waals surface area contributed by atoms with Crippen LogP contribution >= 0.6 is 11.6 Å². The summed E-state index contributed by atoms with van der Waals surface area (Å²) in [5, 5.41) is 16.1. The third-order valence-corrected chi connectivity index (χ3v) is 7.72. The maximum atomic E-state index is 13.8. The van der Waals surface area contributed by atoms with E-state index in [0.717, 1.165) is 21.1 Å². The van der Waals surface area contributed by atoms with Gasteiger partial charge >= 0.3 is 0 Å². The number of halogens is 1. The molecule has 190 valence electrons. The SMILES string of the molecule is COc1ccc(Cl)cc1N(CC(=O)Nc1cccc2ccccc12)S(=O)(=O)c1ccc(C)c([N+](=O)[O-])c1. The second kappa shape index (κ2) is 10.5. The van der Waals surface area contributed by atoms with E-state index < -0.39 is 27.4 Å². The van der Waals surface area contributed by atoms with Gasteiger partial charge in [0, 0.05) is 27.7 Å². The largest absolute Gasteiger partial charge is 0.495 e. The van der Waals surface area contributed by atoms with Crippen LogP contribution in [0, 0.1) is 17.0 Å². The normalized spacial score (nSPS) is 11.2. The number of hydrogen-bond donors (Lipinski definition) is 1. The number of methoxy groups -OCH3 is 1. The number of carbonyl (C=O) groups excluding carboxylic acids is 1. The maximum Gasteiger partial charge on any atom is 0.273 e. The molecule has 4 aromatic carbocycles. The lowest BCUT2D eigenvalue weighted by Gasteiger charge is -2.26. The van der Waals surface area contributed by atoms with Gasteiger partial charge in [0.2, 0.25) is 5.91 Å². The molecule has 0 radical (unpaired) electrons. The molecule has 0 aliphatic carbocycles. The number of nitrogens with one attached hydrogen (secondary N) is 1. The predicted octanol–water partition coefficient (Wildman–Crippen LogP) is 5.55. The van der Waals surface area contributed by atoms with Crippen LogP contribution in [0.5, 0.6) is 5.75 Å². The first-order valence-corrected chi connectivity index (χ1v) is 12.8. The molecular weight excluding hydrogens is 518 g/mol. The average Bonchev–Trinajstić information content (AvgIpc) is 2.87. The van der Waals surface area contributed by atoms with Gasteiger partial charge in [-0.05, 0) is 42.6 Å². The van der Waals surface area contributed by atoms with E-state index >= 15 is 0 Å². The van der Waals surface area contributed by atoms with Crippen LogP contribution in [-0.2, 0) is 14.8 Å². The van der Waals surface area contributed by atoms with Gasteiger partial charge in [-0.2, -0.15) is 0 Å². The van der Waals surface area contributed by atoms with Crippen molar-refractivity contribution < 1.29 is 22.9 Å². The number of nitro benzene ring substituents is 1. The molecule has 1 amide bonds. The monoisotopic (exact) mass is 539 g/mol. The Hall–Kier alpha value is -4.15. The number of hydrogen-bond acceptors (Lipinski definition) is 6. The van der Waals surface area contributed by atoms with Crippen LogP contribution < -0.4 is 14.4 Å². The number of benzene rings is 4. The van der Waals surface area contributed by atoms with Gasteiger partial charge in [-0.25, -0.2) is 8.42 Å². The zero-order valence-corrected chi connectivity index (χ0v) is 21.4. The number of rotatable bonds is 8. The number of fused-ring (bicyclic) bond motifs is 1. The summed E-state index contributed by atoms with van der Waals surface area (Å²) >= 11 is 6.17. The number of sulfonamides is 1. The fourth-order valence-corrected chi connectivity index (χ4v) is 5.50. The molecule has 9 nitrogen and oxygen atoms in total. The van der Waals surface area contributed by atoms with E-state index in [1.165, 1.54) is 44.4 Å². The standard InChI is InChI=1S/C26H22ClN3O6S/c1-17-10-12-20(15-23(17)30(32)33)37(34,35)29(24-14-19(27)11-13-25(24)36-2)16-26(31)28-22-9-5-7-18-6-3-4-8-21(18)22/h3-15H,16H2,1-2H3,(H,28,31).